The van der Waals surface area contributed by atoms with Gasteiger partial charge in [0.2, 0.25) is 10.0 Å². The largest absolute Gasteiger partial charge is 0.390 e. The molecule has 2 heterocycles. The molecule has 3 aromatic rings. The molecule has 2 aromatic carbocycles. The molecule has 0 saturated heterocycles. The van der Waals surface area contributed by atoms with E-state index in [-0.39, 0.29) is 24.1 Å². The first-order valence-corrected chi connectivity index (χ1v) is 16.5. The SMILES string of the molecule is CS(=O)(=O)NC1CCCCC1N1C(=O)c2ccccc2C(C(=O)NOCc2cccc(CO)n2)C1c1ccc(Cl)cc1Cl. The van der Waals surface area contributed by atoms with Gasteiger partial charge in [-0.1, -0.05) is 66.4 Å². The van der Waals surface area contributed by atoms with Crippen LogP contribution in [0.1, 0.15) is 70.5 Å². The van der Waals surface area contributed by atoms with Gasteiger partial charge in [0.25, 0.3) is 11.8 Å². The number of benzene rings is 2. The lowest BCUT2D eigenvalue weighted by atomic mass is 9.76. The average molecular weight is 648 g/mol. The van der Waals surface area contributed by atoms with Crippen LogP contribution in [0.25, 0.3) is 0 Å². The summed E-state index contributed by atoms with van der Waals surface area (Å²) in [5.41, 5.74) is 4.83. The monoisotopic (exact) mass is 646 g/mol. The van der Waals surface area contributed by atoms with Gasteiger partial charge < -0.3 is 10.0 Å². The number of sulfonamides is 1. The highest BCUT2D eigenvalue weighted by atomic mass is 35.5. The van der Waals surface area contributed by atoms with E-state index in [1.807, 2.05) is 0 Å². The van der Waals surface area contributed by atoms with Crippen molar-refractivity contribution in [1.82, 2.24) is 20.1 Å². The zero-order chi connectivity index (χ0) is 30.7. The van der Waals surface area contributed by atoms with Gasteiger partial charge in [-0.3, -0.25) is 19.4 Å². The molecule has 1 aliphatic carbocycles. The number of carbonyl (C=O) groups excluding carboxylic acids is 2. The van der Waals surface area contributed by atoms with Gasteiger partial charge in [-0.05, 0) is 54.3 Å². The summed E-state index contributed by atoms with van der Waals surface area (Å²) in [6.07, 6.45) is 3.72. The maximum atomic E-state index is 14.3. The van der Waals surface area contributed by atoms with Gasteiger partial charge in [-0.15, -0.1) is 0 Å². The molecule has 0 radical (unpaired) electrons. The second-order valence-corrected chi connectivity index (χ2v) is 13.4. The number of aliphatic hydroxyl groups excluding tert-OH is 1. The summed E-state index contributed by atoms with van der Waals surface area (Å²) in [6.45, 7) is -0.297. The maximum Gasteiger partial charge on any atom is 0.255 e. The van der Waals surface area contributed by atoms with E-state index in [4.69, 9.17) is 28.0 Å². The van der Waals surface area contributed by atoms with E-state index >= 15 is 0 Å². The van der Waals surface area contributed by atoms with Crippen LogP contribution in [0, 0.1) is 0 Å². The quantitative estimate of drug-likeness (QED) is 0.295. The number of hydrogen-bond acceptors (Lipinski definition) is 7. The molecule has 2 aliphatic rings. The van der Waals surface area contributed by atoms with Crippen LogP contribution in [-0.2, 0) is 32.9 Å². The number of halogens is 2. The van der Waals surface area contributed by atoms with Crippen LogP contribution in [0.4, 0.5) is 0 Å². The summed E-state index contributed by atoms with van der Waals surface area (Å²) in [5, 5.41) is 10.0. The van der Waals surface area contributed by atoms with Crippen LogP contribution < -0.4 is 10.2 Å². The molecule has 0 bridgehead atoms. The Labute approximate surface area is 260 Å². The fourth-order valence-corrected chi connectivity index (χ4v) is 7.42. The molecule has 3 N–H and O–H groups in total. The summed E-state index contributed by atoms with van der Waals surface area (Å²) in [5.74, 6) is -1.82. The number of nitrogens with zero attached hydrogens (tertiary/aromatic N) is 2. The van der Waals surface area contributed by atoms with Crippen LogP contribution in [0.2, 0.25) is 10.0 Å². The molecule has 228 valence electrons. The lowest BCUT2D eigenvalue weighted by Crippen LogP contribution is -2.59. The minimum absolute atomic E-state index is 0.0636. The Kier molecular flexibility index (Phi) is 9.70. The number of rotatable bonds is 9. The lowest BCUT2D eigenvalue weighted by molar-refractivity contribution is -0.138. The second-order valence-electron chi connectivity index (χ2n) is 10.8. The van der Waals surface area contributed by atoms with E-state index in [9.17, 15) is 23.1 Å². The predicted molar refractivity (Wildman–Crippen MR) is 162 cm³/mol. The van der Waals surface area contributed by atoms with Crippen molar-refractivity contribution < 1.29 is 28.0 Å². The molecule has 1 aromatic heterocycles. The number of amides is 2. The van der Waals surface area contributed by atoms with Crippen molar-refractivity contribution in [2.24, 2.45) is 0 Å². The van der Waals surface area contributed by atoms with Crippen LogP contribution in [0.15, 0.2) is 60.7 Å². The first-order valence-electron chi connectivity index (χ1n) is 13.9. The number of fused-ring (bicyclic) bond motifs is 1. The van der Waals surface area contributed by atoms with Gasteiger partial charge in [-0.25, -0.2) is 18.6 Å². The highest BCUT2D eigenvalue weighted by Gasteiger charge is 2.49. The number of hydroxylamine groups is 1. The molecule has 1 fully saturated rings. The zero-order valence-corrected chi connectivity index (χ0v) is 25.7. The number of carbonyl (C=O) groups is 2. The molecule has 1 aliphatic heterocycles. The van der Waals surface area contributed by atoms with E-state index in [0.29, 0.717) is 45.9 Å². The van der Waals surface area contributed by atoms with Crippen molar-refractivity contribution in [3.8, 4) is 0 Å². The minimum atomic E-state index is -3.59. The molecule has 1 saturated carbocycles. The summed E-state index contributed by atoms with van der Waals surface area (Å²) >= 11 is 13.0. The molecule has 5 rings (SSSR count). The van der Waals surface area contributed by atoms with Crippen LogP contribution in [0.5, 0.6) is 0 Å². The van der Waals surface area contributed by atoms with Crippen molar-refractivity contribution in [3.63, 3.8) is 0 Å². The molecule has 2 amide bonds. The zero-order valence-electron chi connectivity index (χ0n) is 23.4. The van der Waals surface area contributed by atoms with Crippen LogP contribution >= 0.6 is 23.2 Å². The summed E-state index contributed by atoms with van der Waals surface area (Å²) in [7, 11) is -3.59. The predicted octanol–water partition coefficient (Wildman–Crippen LogP) is 4.27. The van der Waals surface area contributed by atoms with Gasteiger partial charge in [0, 0.05) is 27.7 Å². The Morgan fingerprint density at radius 2 is 1.79 bits per heavy atom. The Morgan fingerprint density at radius 1 is 1.05 bits per heavy atom. The number of hydrogen-bond donors (Lipinski definition) is 3. The van der Waals surface area contributed by atoms with E-state index in [1.165, 1.54) is 0 Å². The smallest absolute Gasteiger partial charge is 0.255 e. The van der Waals surface area contributed by atoms with Gasteiger partial charge >= 0.3 is 0 Å². The number of aromatic nitrogens is 1. The topological polar surface area (TPSA) is 138 Å². The average Bonchev–Trinajstić information content (AvgIpc) is 2.97. The van der Waals surface area contributed by atoms with Crippen molar-refractivity contribution in [3.05, 3.63) is 98.8 Å². The Bertz CT molecular complexity index is 1620. The van der Waals surface area contributed by atoms with Crippen LogP contribution in [0.3, 0.4) is 0 Å². The standard InChI is InChI=1S/C30H32Cl2N4O6S/c1-43(40,41)35-25-11-4-5-12-26(25)36-28(23-14-13-18(31)15-24(23)32)27(21-9-2-3-10-22(21)30(36)39)29(38)34-42-17-20-8-6-7-19(16-37)33-20/h2-3,6-10,13-15,25-28,35,37H,4-5,11-12,16-17H2,1H3,(H,34,38). The van der Waals surface area contributed by atoms with Crippen molar-refractivity contribution >= 4 is 45.0 Å². The third-order valence-corrected chi connectivity index (χ3v) is 9.10. The van der Waals surface area contributed by atoms with Crippen molar-refractivity contribution in [2.75, 3.05) is 6.26 Å². The van der Waals surface area contributed by atoms with E-state index in [2.05, 4.69) is 15.2 Å². The number of aliphatic hydroxyl groups is 1. The molecule has 13 heteroatoms. The minimum Gasteiger partial charge on any atom is -0.390 e. The molecule has 43 heavy (non-hydrogen) atoms. The molecular weight excluding hydrogens is 615 g/mol. The first kappa shape index (κ1) is 31.4. The highest BCUT2D eigenvalue weighted by Crippen LogP contribution is 2.47. The van der Waals surface area contributed by atoms with E-state index < -0.39 is 40.0 Å². The van der Waals surface area contributed by atoms with Gasteiger partial charge in [0.1, 0.15) is 6.61 Å². The van der Waals surface area contributed by atoms with Gasteiger partial charge in [0.05, 0.1) is 36.2 Å². The molecule has 0 spiro atoms. The fraction of sp³-hybridized carbons (Fsp3) is 0.367. The first-order chi connectivity index (χ1) is 20.6. The van der Waals surface area contributed by atoms with E-state index in [0.717, 1.165) is 19.1 Å². The fourth-order valence-electron chi connectivity index (χ4n) is 6.07. The van der Waals surface area contributed by atoms with Gasteiger partial charge in [0.15, 0.2) is 0 Å². The van der Waals surface area contributed by atoms with Gasteiger partial charge in [-0.2, -0.15) is 0 Å². The number of nitrogens with one attached hydrogen (secondary N) is 2. The Hall–Kier alpha value is -3.06. The summed E-state index contributed by atoms with van der Waals surface area (Å²) < 4.78 is 27.4. The molecule has 10 nitrogen and oxygen atoms in total. The molecule has 4 unspecified atom stereocenters. The maximum absolute atomic E-state index is 14.3. The normalized spacial score (nSPS) is 22.2. The highest BCUT2D eigenvalue weighted by molar-refractivity contribution is 7.88. The van der Waals surface area contributed by atoms with Crippen LogP contribution in [-0.4, -0.2) is 53.6 Å². The van der Waals surface area contributed by atoms with Crippen molar-refractivity contribution in [1.29, 1.82) is 0 Å². The molecule has 4 atom stereocenters. The summed E-state index contributed by atoms with van der Waals surface area (Å²) in [6, 6.07) is 14.8. The van der Waals surface area contributed by atoms with Crippen molar-refractivity contribution in [2.45, 2.75) is 62.9 Å². The third-order valence-electron chi connectivity index (χ3n) is 7.81. The van der Waals surface area contributed by atoms with E-state index in [1.54, 1.807) is 65.6 Å². The second kappa shape index (κ2) is 13.3. The Balaban J connectivity index is 1.57. The third kappa shape index (κ3) is 7.03. The summed E-state index contributed by atoms with van der Waals surface area (Å²) in [4.78, 5) is 39.9. The number of pyridine rings is 1. The lowest BCUT2D eigenvalue weighted by Gasteiger charge is -2.49. The molecular formula is C30H32Cl2N4O6S. The Morgan fingerprint density at radius 3 is 2.53 bits per heavy atom.